The van der Waals surface area contributed by atoms with Gasteiger partial charge >= 0.3 is 0 Å². The second-order valence-corrected chi connectivity index (χ2v) is 10.8. The summed E-state index contributed by atoms with van der Waals surface area (Å²) in [7, 11) is 1.54. The highest BCUT2D eigenvalue weighted by molar-refractivity contribution is 7.99. The first kappa shape index (κ1) is 25.1. The number of nitrogens with zero attached hydrogens (tertiary/aromatic N) is 5. The van der Waals surface area contributed by atoms with Gasteiger partial charge in [-0.25, -0.2) is 12.7 Å². The maximum absolute atomic E-state index is 12.1. The minimum Gasteiger partial charge on any atom is -0.493 e. The zero-order chi connectivity index (χ0) is 24.0. The molecule has 10 heteroatoms. The van der Waals surface area contributed by atoms with Gasteiger partial charge in [0.2, 0.25) is 10.0 Å². The monoisotopic (exact) mass is 489 g/mol. The summed E-state index contributed by atoms with van der Waals surface area (Å²) in [6, 6.07) is 14.8. The van der Waals surface area contributed by atoms with E-state index in [9.17, 15) is 8.42 Å². The van der Waals surface area contributed by atoms with Crippen molar-refractivity contribution in [1.29, 1.82) is 0 Å². The van der Waals surface area contributed by atoms with E-state index in [-0.39, 0.29) is 4.90 Å². The molecule has 0 saturated heterocycles. The van der Waals surface area contributed by atoms with E-state index in [4.69, 9.17) is 4.74 Å². The number of hydrogen-bond acceptors (Lipinski definition) is 7. The van der Waals surface area contributed by atoms with E-state index in [1.54, 1.807) is 36.0 Å². The molecule has 33 heavy (non-hydrogen) atoms. The summed E-state index contributed by atoms with van der Waals surface area (Å²) in [5.41, 5.74) is 2.22. The molecule has 0 aliphatic rings. The highest BCUT2D eigenvalue weighted by Crippen LogP contribution is 2.25. The predicted molar refractivity (Wildman–Crippen MR) is 134 cm³/mol. The van der Waals surface area contributed by atoms with Crippen LogP contribution in [0.4, 0.5) is 5.69 Å². The Kier molecular flexibility index (Phi) is 8.39. The molecular weight excluding hydrogens is 458 g/mol. The highest BCUT2D eigenvalue weighted by Gasteiger charge is 2.17. The summed E-state index contributed by atoms with van der Waals surface area (Å²) >= 11 is 1.56. The lowest BCUT2D eigenvalue weighted by Gasteiger charge is -2.21. The molecule has 1 aromatic heterocycles. The number of thioether (sulfide) groups is 1. The first-order valence-corrected chi connectivity index (χ1v) is 13.2. The van der Waals surface area contributed by atoms with Crippen LogP contribution in [-0.2, 0) is 17.1 Å². The zero-order valence-electron chi connectivity index (χ0n) is 19.7. The van der Waals surface area contributed by atoms with Crippen LogP contribution in [0.25, 0.3) is 11.4 Å². The lowest BCUT2D eigenvalue weighted by atomic mass is 10.2. The predicted octanol–water partition coefficient (Wildman–Crippen LogP) is 3.75. The second-order valence-electron chi connectivity index (χ2n) is 7.54. The number of benzene rings is 2. The van der Waals surface area contributed by atoms with Crippen molar-refractivity contribution in [2.75, 3.05) is 44.4 Å². The third-order valence-corrected chi connectivity index (χ3v) is 8.09. The Hall–Kier alpha value is -2.56. The van der Waals surface area contributed by atoms with Crippen molar-refractivity contribution in [1.82, 2.24) is 19.1 Å². The number of rotatable bonds is 11. The van der Waals surface area contributed by atoms with Crippen LogP contribution in [0.5, 0.6) is 5.75 Å². The summed E-state index contributed by atoms with van der Waals surface area (Å²) in [5.74, 6) is 2.13. The topological polar surface area (TPSA) is 80.6 Å². The fourth-order valence-corrected chi connectivity index (χ4v) is 4.94. The Bertz CT molecular complexity index is 1140. The molecule has 8 nitrogen and oxygen atoms in total. The lowest BCUT2D eigenvalue weighted by molar-refractivity contribution is 0.343. The van der Waals surface area contributed by atoms with Crippen LogP contribution < -0.4 is 9.64 Å². The van der Waals surface area contributed by atoms with Crippen molar-refractivity contribution in [2.24, 2.45) is 7.05 Å². The smallest absolute Gasteiger partial charge is 0.242 e. The number of anilines is 1. The van der Waals surface area contributed by atoms with Gasteiger partial charge in [0, 0.05) is 51.2 Å². The molecule has 0 spiro atoms. The second kappa shape index (κ2) is 11.0. The minimum absolute atomic E-state index is 0.242. The number of sulfonamides is 1. The standard InChI is InChI=1S/C23H31N5O3S2/c1-6-28(7-2)19-10-8-18(9-11-19)22-24-25-23(27(22)5)32-17-16-31-20-12-14-21(15-13-20)33(29,30)26(3)4/h8-15H,6-7,16-17H2,1-5H3. The fourth-order valence-electron chi connectivity index (χ4n) is 3.31. The van der Waals surface area contributed by atoms with Gasteiger partial charge in [0.05, 0.1) is 11.5 Å². The maximum Gasteiger partial charge on any atom is 0.242 e. The van der Waals surface area contributed by atoms with Crippen LogP contribution in [0.1, 0.15) is 13.8 Å². The molecule has 1 heterocycles. The summed E-state index contributed by atoms with van der Waals surface area (Å²) in [4.78, 5) is 2.54. The van der Waals surface area contributed by atoms with Gasteiger partial charge in [-0.3, -0.25) is 0 Å². The maximum atomic E-state index is 12.1. The molecule has 0 unspecified atom stereocenters. The van der Waals surface area contributed by atoms with Gasteiger partial charge in [0.1, 0.15) is 5.75 Å². The number of aromatic nitrogens is 3. The van der Waals surface area contributed by atoms with Gasteiger partial charge in [0.25, 0.3) is 0 Å². The molecule has 0 aliphatic heterocycles. The first-order valence-electron chi connectivity index (χ1n) is 10.8. The van der Waals surface area contributed by atoms with Crippen molar-refractivity contribution in [2.45, 2.75) is 23.9 Å². The Morgan fingerprint density at radius 2 is 1.61 bits per heavy atom. The van der Waals surface area contributed by atoms with Crippen molar-refractivity contribution in [3.8, 4) is 17.1 Å². The fraction of sp³-hybridized carbons (Fsp3) is 0.391. The van der Waals surface area contributed by atoms with E-state index in [1.165, 1.54) is 24.1 Å². The Balaban J connectivity index is 1.55. The molecule has 0 atom stereocenters. The van der Waals surface area contributed by atoms with Crippen LogP contribution in [0, 0.1) is 0 Å². The normalized spacial score (nSPS) is 11.7. The van der Waals surface area contributed by atoms with Gasteiger partial charge < -0.3 is 14.2 Å². The van der Waals surface area contributed by atoms with Crippen LogP contribution >= 0.6 is 11.8 Å². The van der Waals surface area contributed by atoms with E-state index >= 15 is 0 Å². The quantitative estimate of drug-likeness (QED) is 0.300. The molecular formula is C23H31N5O3S2. The number of hydrogen-bond donors (Lipinski definition) is 0. The molecule has 0 aliphatic carbocycles. The average Bonchev–Trinajstić information content (AvgIpc) is 3.18. The van der Waals surface area contributed by atoms with Gasteiger partial charge in [0.15, 0.2) is 11.0 Å². The highest BCUT2D eigenvalue weighted by atomic mass is 32.2. The largest absolute Gasteiger partial charge is 0.493 e. The summed E-state index contributed by atoms with van der Waals surface area (Å²) < 4.78 is 33.2. The lowest BCUT2D eigenvalue weighted by Crippen LogP contribution is -2.22. The molecule has 3 aromatic rings. The summed E-state index contributed by atoms with van der Waals surface area (Å²) in [5, 5.41) is 9.50. The van der Waals surface area contributed by atoms with Gasteiger partial charge in [-0.1, -0.05) is 11.8 Å². The van der Waals surface area contributed by atoms with Crippen LogP contribution in [-0.4, -0.2) is 67.0 Å². The molecule has 0 radical (unpaired) electrons. The van der Waals surface area contributed by atoms with E-state index in [0.29, 0.717) is 18.1 Å². The molecule has 0 bridgehead atoms. The average molecular weight is 490 g/mol. The molecule has 0 amide bonds. The molecule has 0 N–H and O–H groups in total. The number of ether oxygens (including phenoxy) is 1. The Morgan fingerprint density at radius 3 is 2.18 bits per heavy atom. The molecule has 2 aromatic carbocycles. The Labute approximate surface area is 200 Å². The van der Waals surface area contributed by atoms with Gasteiger partial charge in [-0.2, -0.15) is 0 Å². The first-order chi connectivity index (χ1) is 15.8. The van der Waals surface area contributed by atoms with Gasteiger partial charge in [-0.05, 0) is 62.4 Å². The van der Waals surface area contributed by atoms with Crippen molar-refractivity contribution in [3.63, 3.8) is 0 Å². The third-order valence-electron chi connectivity index (χ3n) is 5.27. The molecule has 0 saturated carbocycles. The minimum atomic E-state index is -3.44. The zero-order valence-corrected chi connectivity index (χ0v) is 21.4. The van der Waals surface area contributed by atoms with Crippen molar-refractivity contribution in [3.05, 3.63) is 48.5 Å². The van der Waals surface area contributed by atoms with Crippen LogP contribution in [0.2, 0.25) is 0 Å². The van der Waals surface area contributed by atoms with E-state index in [2.05, 4.69) is 53.2 Å². The summed E-state index contributed by atoms with van der Waals surface area (Å²) in [6.45, 7) is 6.71. The van der Waals surface area contributed by atoms with Crippen LogP contribution in [0.3, 0.4) is 0 Å². The van der Waals surface area contributed by atoms with Crippen molar-refractivity contribution < 1.29 is 13.2 Å². The third kappa shape index (κ3) is 5.87. The molecule has 178 valence electrons. The van der Waals surface area contributed by atoms with Crippen molar-refractivity contribution >= 4 is 27.5 Å². The van der Waals surface area contributed by atoms with E-state index in [0.717, 1.165) is 29.6 Å². The SMILES string of the molecule is CCN(CC)c1ccc(-c2nnc(SCCOc3ccc(S(=O)(=O)N(C)C)cc3)n2C)cc1. The van der Waals surface area contributed by atoms with E-state index < -0.39 is 10.0 Å². The van der Waals surface area contributed by atoms with E-state index in [1.807, 2.05) is 11.6 Å². The molecule has 0 fully saturated rings. The summed E-state index contributed by atoms with van der Waals surface area (Å²) in [6.07, 6.45) is 0. The van der Waals surface area contributed by atoms with Gasteiger partial charge in [-0.15, -0.1) is 10.2 Å². The molecule has 3 rings (SSSR count). The Morgan fingerprint density at radius 1 is 0.970 bits per heavy atom. The van der Waals surface area contributed by atoms with Crippen LogP contribution in [0.15, 0.2) is 58.6 Å².